The number of amides is 1. The van der Waals surface area contributed by atoms with Crippen LogP contribution in [0.25, 0.3) is 22.2 Å². The van der Waals surface area contributed by atoms with Gasteiger partial charge < -0.3 is 9.88 Å². The van der Waals surface area contributed by atoms with Gasteiger partial charge in [-0.25, -0.2) is 0 Å². The Morgan fingerprint density at radius 2 is 1.83 bits per heavy atom. The highest BCUT2D eigenvalue weighted by molar-refractivity contribution is 7.99. The van der Waals surface area contributed by atoms with E-state index < -0.39 is 0 Å². The summed E-state index contributed by atoms with van der Waals surface area (Å²) < 4.78 is 1.93. The van der Waals surface area contributed by atoms with Crippen LogP contribution >= 0.6 is 35.0 Å². The van der Waals surface area contributed by atoms with E-state index in [9.17, 15) is 4.79 Å². The standard InChI is InChI=1S/C22H18Cl2N4OS/c1-2-28-21(18-10-8-16(23)12-19(18)24)26-27-22(28)30-13-20(29)25-17-9-7-14-5-3-4-6-15(14)11-17/h3-12H,2,13H2,1H3,(H,25,29). The van der Waals surface area contributed by atoms with E-state index in [2.05, 4.69) is 15.5 Å². The number of benzene rings is 3. The number of thioether (sulfide) groups is 1. The van der Waals surface area contributed by atoms with Gasteiger partial charge in [0.25, 0.3) is 0 Å². The second-order valence-electron chi connectivity index (χ2n) is 6.57. The quantitative estimate of drug-likeness (QED) is 0.353. The molecule has 152 valence electrons. The highest BCUT2D eigenvalue weighted by atomic mass is 35.5. The van der Waals surface area contributed by atoms with Gasteiger partial charge in [-0.1, -0.05) is 65.3 Å². The molecular formula is C22H18Cl2N4OS. The minimum absolute atomic E-state index is 0.105. The summed E-state index contributed by atoms with van der Waals surface area (Å²) in [5.41, 5.74) is 1.52. The van der Waals surface area contributed by atoms with Crippen LogP contribution in [0, 0.1) is 0 Å². The highest BCUT2D eigenvalue weighted by Gasteiger charge is 2.17. The summed E-state index contributed by atoms with van der Waals surface area (Å²) in [6, 6.07) is 19.2. The van der Waals surface area contributed by atoms with Crippen molar-refractivity contribution in [2.24, 2.45) is 0 Å². The molecule has 0 unspecified atom stereocenters. The SMILES string of the molecule is CCn1c(SCC(=O)Nc2ccc3ccccc3c2)nnc1-c1ccc(Cl)cc1Cl. The Bertz CT molecular complexity index is 1220. The van der Waals surface area contributed by atoms with Crippen LogP contribution in [0.2, 0.25) is 10.0 Å². The largest absolute Gasteiger partial charge is 0.325 e. The molecule has 0 aliphatic carbocycles. The number of fused-ring (bicyclic) bond motifs is 1. The van der Waals surface area contributed by atoms with Gasteiger partial charge in [-0.2, -0.15) is 0 Å². The molecule has 0 fully saturated rings. The molecule has 0 atom stereocenters. The molecule has 1 heterocycles. The van der Waals surface area contributed by atoms with Gasteiger partial charge >= 0.3 is 0 Å². The first kappa shape index (κ1) is 20.7. The van der Waals surface area contributed by atoms with Gasteiger partial charge in [0.05, 0.1) is 10.8 Å². The first-order valence-electron chi connectivity index (χ1n) is 9.35. The van der Waals surface area contributed by atoms with E-state index in [4.69, 9.17) is 23.2 Å². The van der Waals surface area contributed by atoms with Crippen molar-refractivity contribution in [3.05, 3.63) is 70.7 Å². The first-order chi connectivity index (χ1) is 14.5. The van der Waals surface area contributed by atoms with Crippen molar-refractivity contribution in [2.45, 2.75) is 18.6 Å². The number of hydrogen-bond acceptors (Lipinski definition) is 4. The topological polar surface area (TPSA) is 59.8 Å². The van der Waals surface area contributed by atoms with E-state index in [-0.39, 0.29) is 11.7 Å². The zero-order chi connectivity index (χ0) is 21.1. The van der Waals surface area contributed by atoms with Crippen LogP contribution in [0.15, 0.2) is 65.8 Å². The smallest absolute Gasteiger partial charge is 0.234 e. The minimum atomic E-state index is -0.105. The Morgan fingerprint density at radius 1 is 1.03 bits per heavy atom. The predicted molar refractivity (Wildman–Crippen MR) is 124 cm³/mol. The Labute approximate surface area is 188 Å². The van der Waals surface area contributed by atoms with Gasteiger partial charge in [-0.05, 0) is 48.0 Å². The molecule has 0 aliphatic heterocycles. The maximum atomic E-state index is 12.5. The molecule has 1 N–H and O–H groups in total. The molecule has 0 saturated heterocycles. The first-order valence-corrected chi connectivity index (χ1v) is 11.1. The number of aromatic nitrogens is 3. The van der Waals surface area contributed by atoms with Crippen LogP contribution in [0.1, 0.15) is 6.92 Å². The monoisotopic (exact) mass is 456 g/mol. The molecular weight excluding hydrogens is 439 g/mol. The minimum Gasteiger partial charge on any atom is -0.325 e. The maximum absolute atomic E-state index is 12.5. The summed E-state index contributed by atoms with van der Waals surface area (Å²) in [4.78, 5) is 12.5. The summed E-state index contributed by atoms with van der Waals surface area (Å²) in [5.74, 6) is 0.767. The maximum Gasteiger partial charge on any atom is 0.234 e. The third-order valence-corrected chi connectivity index (χ3v) is 6.09. The average molecular weight is 457 g/mol. The molecule has 3 aromatic carbocycles. The summed E-state index contributed by atoms with van der Waals surface area (Å²) in [7, 11) is 0. The zero-order valence-electron chi connectivity index (χ0n) is 16.1. The van der Waals surface area contributed by atoms with Crippen LogP contribution in [-0.2, 0) is 11.3 Å². The Kier molecular flexibility index (Phi) is 6.27. The third-order valence-electron chi connectivity index (χ3n) is 4.57. The molecule has 0 spiro atoms. The van der Waals surface area contributed by atoms with Crippen LogP contribution < -0.4 is 5.32 Å². The molecule has 0 bridgehead atoms. The summed E-state index contributed by atoms with van der Waals surface area (Å²) in [6.45, 7) is 2.64. The number of carbonyl (C=O) groups excluding carboxylic acids is 1. The van der Waals surface area contributed by atoms with Crippen LogP contribution in [0.5, 0.6) is 0 Å². The van der Waals surface area contributed by atoms with Gasteiger partial charge in [-0.3, -0.25) is 4.79 Å². The van der Waals surface area contributed by atoms with Gasteiger partial charge in [0, 0.05) is 22.8 Å². The number of halogens is 2. The fourth-order valence-corrected chi connectivity index (χ4v) is 4.44. The van der Waals surface area contributed by atoms with E-state index in [1.165, 1.54) is 11.8 Å². The van der Waals surface area contributed by atoms with Crippen LogP contribution in [-0.4, -0.2) is 26.4 Å². The van der Waals surface area contributed by atoms with E-state index >= 15 is 0 Å². The number of rotatable bonds is 6. The fraction of sp³-hybridized carbons (Fsp3) is 0.136. The molecule has 0 saturated carbocycles. The average Bonchev–Trinajstić information content (AvgIpc) is 3.15. The molecule has 5 nitrogen and oxygen atoms in total. The summed E-state index contributed by atoms with van der Waals surface area (Å²) >= 11 is 13.7. The fourth-order valence-electron chi connectivity index (χ4n) is 3.14. The van der Waals surface area contributed by atoms with Crippen molar-refractivity contribution in [2.75, 3.05) is 11.1 Å². The Balaban J connectivity index is 1.46. The zero-order valence-corrected chi connectivity index (χ0v) is 18.4. The van der Waals surface area contributed by atoms with Crippen molar-refractivity contribution in [3.63, 3.8) is 0 Å². The van der Waals surface area contributed by atoms with Gasteiger partial charge in [0.15, 0.2) is 11.0 Å². The lowest BCUT2D eigenvalue weighted by Gasteiger charge is -2.09. The second kappa shape index (κ2) is 9.08. The van der Waals surface area contributed by atoms with Crippen molar-refractivity contribution in [1.29, 1.82) is 0 Å². The Morgan fingerprint density at radius 3 is 2.60 bits per heavy atom. The number of hydrogen-bond donors (Lipinski definition) is 1. The second-order valence-corrected chi connectivity index (χ2v) is 8.36. The summed E-state index contributed by atoms with van der Waals surface area (Å²) in [6.07, 6.45) is 0. The molecule has 4 rings (SSSR count). The lowest BCUT2D eigenvalue weighted by molar-refractivity contribution is -0.113. The molecule has 4 aromatic rings. The van der Waals surface area contributed by atoms with Crippen LogP contribution in [0.3, 0.4) is 0 Å². The number of nitrogens with zero attached hydrogens (tertiary/aromatic N) is 3. The van der Waals surface area contributed by atoms with Crippen molar-refractivity contribution < 1.29 is 4.79 Å². The van der Waals surface area contributed by atoms with E-state index in [1.807, 2.05) is 60.0 Å². The van der Waals surface area contributed by atoms with Crippen molar-refractivity contribution >= 4 is 57.3 Å². The highest BCUT2D eigenvalue weighted by Crippen LogP contribution is 2.31. The number of nitrogens with one attached hydrogen (secondary N) is 1. The Hall–Kier alpha value is -2.54. The van der Waals surface area contributed by atoms with Gasteiger partial charge in [-0.15, -0.1) is 10.2 Å². The molecule has 30 heavy (non-hydrogen) atoms. The van der Waals surface area contributed by atoms with Gasteiger partial charge in [0.2, 0.25) is 5.91 Å². The lowest BCUT2D eigenvalue weighted by Crippen LogP contribution is -2.14. The predicted octanol–water partition coefficient (Wildman–Crippen LogP) is 6.16. The van der Waals surface area contributed by atoms with Crippen molar-refractivity contribution in [1.82, 2.24) is 14.8 Å². The van der Waals surface area contributed by atoms with Gasteiger partial charge in [0.1, 0.15) is 0 Å². The number of anilines is 1. The summed E-state index contributed by atoms with van der Waals surface area (Å²) in [5, 5.41) is 15.4. The van der Waals surface area contributed by atoms with E-state index in [1.54, 1.807) is 12.1 Å². The molecule has 1 aromatic heterocycles. The van der Waals surface area contributed by atoms with Crippen molar-refractivity contribution in [3.8, 4) is 11.4 Å². The van der Waals surface area contributed by atoms with E-state index in [0.29, 0.717) is 27.6 Å². The number of carbonyl (C=O) groups is 1. The normalized spacial score (nSPS) is 11.0. The van der Waals surface area contributed by atoms with Crippen LogP contribution in [0.4, 0.5) is 5.69 Å². The lowest BCUT2D eigenvalue weighted by atomic mass is 10.1. The molecule has 0 radical (unpaired) electrons. The molecule has 1 amide bonds. The molecule has 0 aliphatic rings. The molecule has 8 heteroatoms. The van der Waals surface area contributed by atoms with E-state index in [0.717, 1.165) is 22.0 Å². The third kappa shape index (κ3) is 4.46.